The number of esters is 1. The first-order chi connectivity index (χ1) is 13.6. The van der Waals surface area contributed by atoms with E-state index in [-0.39, 0.29) is 18.3 Å². The fraction of sp³-hybridized carbons (Fsp3) is 0.150. The van der Waals surface area contributed by atoms with Gasteiger partial charge in [-0.25, -0.2) is 14.6 Å². The number of nitrogens with one attached hydrogen (secondary N) is 1. The predicted octanol–water partition coefficient (Wildman–Crippen LogP) is 5.50. The van der Waals surface area contributed by atoms with Crippen molar-refractivity contribution in [2.75, 3.05) is 11.9 Å². The molecule has 0 saturated carbocycles. The smallest absolute Gasteiger partial charge is 0.413 e. The van der Waals surface area contributed by atoms with Crippen molar-refractivity contribution >= 4 is 44.5 Å². The lowest BCUT2D eigenvalue weighted by molar-refractivity contribution is 0.0532. The van der Waals surface area contributed by atoms with E-state index in [9.17, 15) is 9.59 Å². The zero-order chi connectivity index (χ0) is 19.9. The quantitative estimate of drug-likeness (QED) is 0.491. The number of ether oxygens (including phenoxy) is 2. The van der Waals surface area contributed by atoms with E-state index >= 15 is 0 Å². The van der Waals surface area contributed by atoms with Gasteiger partial charge in [0.25, 0.3) is 0 Å². The second-order valence-corrected chi connectivity index (χ2v) is 7.53. The third kappa shape index (κ3) is 5.17. The lowest BCUT2D eigenvalue weighted by Gasteiger charge is -2.04. The fourth-order valence-corrected chi connectivity index (χ4v) is 3.49. The maximum atomic E-state index is 12.3. The van der Waals surface area contributed by atoms with Gasteiger partial charge < -0.3 is 9.47 Å². The zero-order valence-electron chi connectivity index (χ0n) is 15.0. The minimum Gasteiger partial charge on any atom is -0.462 e. The summed E-state index contributed by atoms with van der Waals surface area (Å²) in [6.07, 6.45) is -0.643. The molecule has 0 radical (unpaired) electrons. The minimum atomic E-state index is -0.643. The van der Waals surface area contributed by atoms with E-state index in [2.05, 4.69) is 26.2 Å². The van der Waals surface area contributed by atoms with Gasteiger partial charge in [-0.2, -0.15) is 0 Å². The Hall–Kier alpha value is -2.71. The largest absolute Gasteiger partial charge is 0.462 e. The van der Waals surface area contributed by atoms with Crippen LogP contribution in [0.25, 0.3) is 11.3 Å². The van der Waals surface area contributed by atoms with Crippen LogP contribution in [-0.4, -0.2) is 23.7 Å². The molecule has 6 nitrogen and oxygen atoms in total. The highest BCUT2D eigenvalue weighted by Gasteiger charge is 2.22. The molecule has 8 heteroatoms. The van der Waals surface area contributed by atoms with Gasteiger partial charge >= 0.3 is 12.1 Å². The molecule has 28 heavy (non-hydrogen) atoms. The number of hydrogen-bond donors (Lipinski definition) is 1. The van der Waals surface area contributed by atoms with E-state index in [4.69, 9.17) is 9.47 Å². The van der Waals surface area contributed by atoms with Crippen LogP contribution >= 0.6 is 27.3 Å². The highest BCUT2D eigenvalue weighted by molar-refractivity contribution is 9.10. The number of amides is 1. The molecule has 0 fully saturated rings. The van der Waals surface area contributed by atoms with E-state index in [1.165, 1.54) is 0 Å². The van der Waals surface area contributed by atoms with Crippen LogP contribution in [0, 0.1) is 0 Å². The van der Waals surface area contributed by atoms with Gasteiger partial charge in [0.05, 0.1) is 12.3 Å². The van der Waals surface area contributed by atoms with Gasteiger partial charge in [-0.3, -0.25) is 5.32 Å². The van der Waals surface area contributed by atoms with E-state index < -0.39 is 12.1 Å². The SMILES string of the molecule is CCOC(=O)c1sc(NC(=O)OCc2ccccc2)nc1-c1ccc(Br)cc1. The van der Waals surface area contributed by atoms with E-state index in [1.54, 1.807) is 6.92 Å². The van der Waals surface area contributed by atoms with Crippen LogP contribution in [0.15, 0.2) is 59.1 Å². The third-order valence-electron chi connectivity index (χ3n) is 3.63. The molecule has 0 bridgehead atoms. The molecule has 144 valence electrons. The Morgan fingerprint density at radius 2 is 1.79 bits per heavy atom. The van der Waals surface area contributed by atoms with Crippen LogP contribution in [0.2, 0.25) is 0 Å². The van der Waals surface area contributed by atoms with Crippen LogP contribution in [0.3, 0.4) is 0 Å². The molecule has 0 saturated heterocycles. The number of halogens is 1. The molecule has 1 heterocycles. The molecule has 3 rings (SSSR count). The lowest BCUT2D eigenvalue weighted by Crippen LogP contribution is -2.13. The van der Waals surface area contributed by atoms with Gasteiger partial charge in [0.2, 0.25) is 0 Å². The Balaban J connectivity index is 1.77. The molecule has 0 aliphatic rings. The highest BCUT2D eigenvalue weighted by Crippen LogP contribution is 2.32. The topological polar surface area (TPSA) is 77.5 Å². The van der Waals surface area contributed by atoms with Crippen molar-refractivity contribution < 1.29 is 19.1 Å². The van der Waals surface area contributed by atoms with Gasteiger partial charge in [0, 0.05) is 10.0 Å². The summed E-state index contributed by atoms with van der Waals surface area (Å²) in [7, 11) is 0. The Kier molecular flexibility index (Phi) is 6.78. The summed E-state index contributed by atoms with van der Waals surface area (Å²) in [5.74, 6) is -0.483. The Morgan fingerprint density at radius 1 is 1.07 bits per heavy atom. The Bertz CT molecular complexity index is 958. The average molecular weight is 461 g/mol. The summed E-state index contributed by atoms with van der Waals surface area (Å²) in [6.45, 7) is 2.12. The molecule has 1 N–H and O–H groups in total. The number of aromatic nitrogens is 1. The maximum Gasteiger partial charge on any atom is 0.413 e. The van der Waals surface area contributed by atoms with Crippen molar-refractivity contribution in [1.29, 1.82) is 0 Å². The summed E-state index contributed by atoms with van der Waals surface area (Å²) >= 11 is 4.43. The fourth-order valence-electron chi connectivity index (χ4n) is 2.36. The third-order valence-corrected chi connectivity index (χ3v) is 5.11. The summed E-state index contributed by atoms with van der Waals surface area (Å²) < 4.78 is 11.2. The van der Waals surface area contributed by atoms with Crippen LogP contribution in [-0.2, 0) is 16.1 Å². The number of rotatable bonds is 6. The highest BCUT2D eigenvalue weighted by atomic mass is 79.9. The molecule has 0 spiro atoms. The second kappa shape index (κ2) is 9.48. The van der Waals surface area contributed by atoms with Gasteiger partial charge in [0.15, 0.2) is 5.13 Å². The number of anilines is 1. The van der Waals surface area contributed by atoms with E-state index in [0.29, 0.717) is 10.6 Å². The summed E-state index contributed by atoms with van der Waals surface area (Å²) in [6, 6.07) is 16.7. The number of nitrogens with zero attached hydrogens (tertiary/aromatic N) is 1. The summed E-state index contributed by atoms with van der Waals surface area (Å²) in [4.78, 5) is 29.1. The summed E-state index contributed by atoms with van der Waals surface area (Å²) in [5.41, 5.74) is 2.07. The van der Waals surface area contributed by atoms with Crippen molar-refractivity contribution in [2.24, 2.45) is 0 Å². The van der Waals surface area contributed by atoms with E-state index in [0.717, 1.165) is 26.9 Å². The van der Waals surface area contributed by atoms with Crippen molar-refractivity contribution in [3.05, 3.63) is 69.5 Å². The average Bonchev–Trinajstić information content (AvgIpc) is 3.12. The van der Waals surface area contributed by atoms with E-state index in [1.807, 2.05) is 54.6 Å². The van der Waals surface area contributed by atoms with Gasteiger partial charge in [-0.05, 0) is 24.6 Å². The van der Waals surface area contributed by atoms with Crippen LogP contribution < -0.4 is 5.32 Å². The number of carbonyl (C=O) groups excluding carboxylic acids is 2. The normalized spacial score (nSPS) is 10.4. The van der Waals surface area contributed by atoms with Crippen molar-refractivity contribution in [3.8, 4) is 11.3 Å². The summed E-state index contributed by atoms with van der Waals surface area (Å²) in [5, 5.41) is 2.84. The van der Waals surface area contributed by atoms with Crippen LogP contribution in [0.1, 0.15) is 22.2 Å². The number of carbonyl (C=O) groups is 2. The number of benzene rings is 2. The van der Waals surface area contributed by atoms with Crippen molar-refractivity contribution in [3.63, 3.8) is 0 Å². The van der Waals surface area contributed by atoms with Gasteiger partial charge in [-0.15, -0.1) is 0 Å². The molecule has 0 aliphatic carbocycles. The molecule has 2 aromatic carbocycles. The molecule has 0 unspecified atom stereocenters. The predicted molar refractivity (Wildman–Crippen MR) is 111 cm³/mol. The Labute approximate surface area is 174 Å². The van der Waals surface area contributed by atoms with Crippen molar-refractivity contribution in [2.45, 2.75) is 13.5 Å². The van der Waals surface area contributed by atoms with Crippen LogP contribution in [0.5, 0.6) is 0 Å². The van der Waals surface area contributed by atoms with Gasteiger partial charge in [0.1, 0.15) is 11.5 Å². The van der Waals surface area contributed by atoms with Crippen molar-refractivity contribution in [1.82, 2.24) is 4.98 Å². The number of hydrogen-bond acceptors (Lipinski definition) is 6. The maximum absolute atomic E-state index is 12.3. The molecule has 0 aliphatic heterocycles. The number of thiazole rings is 1. The minimum absolute atomic E-state index is 0.141. The molecule has 0 atom stereocenters. The first-order valence-electron chi connectivity index (χ1n) is 8.48. The second-order valence-electron chi connectivity index (χ2n) is 5.61. The molecular formula is C20H17BrN2O4S. The first kappa shape index (κ1) is 20.0. The molecule has 3 aromatic rings. The monoisotopic (exact) mass is 460 g/mol. The molecule has 1 aromatic heterocycles. The van der Waals surface area contributed by atoms with Gasteiger partial charge in [-0.1, -0.05) is 69.7 Å². The first-order valence-corrected chi connectivity index (χ1v) is 10.1. The lowest BCUT2D eigenvalue weighted by atomic mass is 10.1. The zero-order valence-corrected chi connectivity index (χ0v) is 17.4. The standard InChI is InChI=1S/C20H17BrN2O4S/c1-2-26-18(24)17-16(14-8-10-15(21)11-9-14)22-19(28-17)23-20(25)27-12-13-6-4-3-5-7-13/h3-11H,2,12H2,1H3,(H,22,23,25). The molecular weight excluding hydrogens is 444 g/mol. The van der Waals surface area contributed by atoms with Crippen LogP contribution in [0.4, 0.5) is 9.93 Å². The molecule has 1 amide bonds. The Morgan fingerprint density at radius 3 is 2.46 bits per heavy atom.